The number of ether oxygens (including phenoxy) is 1. The van der Waals surface area contributed by atoms with E-state index in [4.69, 9.17) is 27.2 Å². The fraction of sp³-hybridized carbons (Fsp3) is 0.235. The van der Waals surface area contributed by atoms with Crippen LogP contribution in [0.1, 0.15) is 15.9 Å². The zero-order valence-corrected chi connectivity index (χ0v) is 14.9. The van der Waals surface area contributed by atoms with E-state index in [0.717, 1.165) is 0 Å². The van der Waals surface area contributed by atoms with Crippen molar-refractivity contribution in [2.24, 2.45) is 5.73 Å². The number of aromatic nitrogens is 3. The Kier molecular flexibility index (Phi) is 5.72. The molecule has 3 rings (SSSR count). The summed E-state index contributed by atoms with van der Waals surface area (Å²) in [5, 5.41) is 16.2. The van der Waals surface area contributed by atoms with E-state index in [1.54, 1.807) is 12.3 Å². The van der Waals surface area contributed by atoms with E-state index in [1.165, 1.54) is 22.8 Å². The smallest absolute Gasteiger partial charge is 0.341 e. The van der Waals surface area contributed by atoms with Crippen LogP contribution in [0.2, 0.25) is 5.02 Å². The van der Waals surface area contributed by atoms with Gasteiger partial charge in [-0.25, -0.2) is 18.7 Å². The van der Waals surface area contributed by atoms with Crippen LogP contribution >= 0.6 is 11.6 Å². The summed E-state index contributed by atoms with van der Waals surface area (Å²) in [5.74, 6) is -0.706. The molecule has 0 aliphatic rings. The Balaban J connectivity index is 1.74. The summed E-state index contributed by atoms with van der Waals surface area (Å²) in [5.41, 5.74) is 6.19. The minimum atomic E-state index is -1.11. The molecule has 1 aromatic carbocycles. The molecular formula is C17H17ClFN5O3. The Hall–Kier alpha value is -2.91. The fourth-order valence-electron chi connectivity index (χ4n) is 2.55. The molecule has 2 aromatic heterocycles. The van der Waals surface area contributed by atoms with E-state index in [0.29, 0.717) is 43.2 Å². The lowest BCUT2D eigenvalue weighted by molar-refractivity contribution is 0.0698. The second-order valence-electron chi connectivity index (χ2n) is 5.60. The van der Waals surface area contributed by atoms with Gasteiger partial charge in [-0.3, -0.25) is 0 Å². The van der Waals surface area contributed by atoms with Gasteiger partial charge in [0, 0.05) is 24.8 Å². The minimum Gasteiger partial charge on any atom is -0.492 e. The van der Waals surface area contributed by atoms with Gasteiger partial charge in [-0.05, 0) is 24.6 Å². The highest BCUT2D eigenvalue weighted by atomic mass is 35.5. The Labute approximate surface area is 158 Å². The van der Waals surface area contributed by atoms with Gasteiger partial charge in [0.25, 0.3) is 0 Å². The van der Waals surface area contributed by atoms with Crippen molar-refractivity contribution in [1.82, 2.24) is 14.6 Å². The van der Waals surface area contributed by atoms with Crippen molar-refractivity contribution >= 4 is 29.0 Å². The van der Waals surface area contributed by atoms with E-state index < -0.39 is 11.8 Å². The van der Waals surface area contributed by atoms with Gasteiger partial charge in [-0.15, -0.1) is 0 Å². The number of carboxylic acids is 1. The lowest BCUT2D eigenvalue weighted by atomic mass is 10.1. The van der Waals surface area contributed by atoms with Crippen molar-refractivity contribution in [2.45, 2.75) is 6.42 Å². The molecule has 142 valence electrons. The SMILES string of the molecule is NCCOc1ccc(F)c(Cl)c1CCNc1ccn2ncc(C(=O)O)c2n1. The lowest BCUT2D eigenvalue weighted by Gasteiger charge is -2.14. The third-order valence-electron chi connectivity index (χ3n) is 3.81. The molecule has 0 atom stereocenters. The molecule has 0 saturated carbocycles. The average molecular weight is 394 g/mol. The van der Waals surface area contributed by atoms with Crippen molar-refractivity contribution in [3.8, 4) is 5.75 Å². The van der Waals surface area contributed by atoms with Gasteiger partial charge >= 0.3 is 5.97 Å². The predicted octanol–water partition coefficient (Wildman–Crippen LogP) is 2.21. The van der Waals surface area contributed by atoms with Crippen LogP contribution in [0.5, 0.6) is 5.75 Å². The van der Waals surface area contributed by atoms with Gasteiger partial charge in [0.15, 0.2) is 5.65 Å². The average Bonchev–Trinajstić information content (AvgIpc) is 3.08. The zero-order chi connectivity index (χ0) is 19.4. The van der Waals surface area contributed by atoms with Gasteiger partial charge in [0.1, 0.15) is 29.6 Å². The molecule has 8 nitrogen and oxygen atoms in total. The van der Waals surface area contributed by atoms with Crippen LogP contribution in [0, 0.1) is 5.82 Å². The molecule has 0 saturated heterocycles. The van der Waals surface area contributed by atoms with Crippen LogP contribution in [0.15, 0.2) is 30.6 Å². The molecule has 27 heavy (non-hydrogen) atoms. The molecule has 0 fully saturated rings. The van der Waals surface area contributed by atoms with Crippen LogP contribution < -0.4 is 15.8 Å². The quantitative estimate of drug-likeness (QED) is 0.537. The summed E-state index contributed by atoms with van der Waals surface area (Å²) in [7, 11) is 0. The van der Waals surface area contributed by atoms with Crippen molar-refractivity contribution in [3.05, 3.63) is 52.6 Å². The standard InChI is InChI=1S/C17H17ClFN5O3/c18-15-10(13(27-8-5-20)2-1-12(15)19)3-6-21-14-4-7-24-16(23-14)11(9-22-24)17(25)26/h1-2,4,7,9H,3,5-6,8,20H2,(H,21,23)(H,25,26). The molecule has 10 heteroatoms. The minimum absolute atomic E-state index is 0.00122. The maximum Gasteiger partial charge on any atom is 0.341 e. The number of hydrogen-bond donors (Lipinski definition) is 3. The van der Waals surface area contributed by atoms with Crippen LogP contribution in [-0.4, -0.2) is 45.4 Å². The first-order valence-corrected chi connectivity index (χ1v) is 8.50. The summed E-state index contributed by atoms with van der Waals surface area (Å²) >= 11 is 6.07. The van der Waals surface area contributed by atoms with E-state index in [9.17, 15) is 9.18 Å². The number of nitrogens with zero attached hydrogens (tertiary/aromatic N) is 3. The Bertz CT molecular complexity index is 979. The molecule has 0 aliphatic carbocycles. The topological polar surface area (TPSA) is 115 Å². The number of hydrogen-bond acceptors (Lipinski definition) is 6. The molecule has 0 bridgehead atoms. The normalized spacial score (nSPS) is 10.9. The third-order valence-corrected chi connectivity index (χ3v) is 4.22. The van der Waals surface area contributed by atoms with Gasteiger partial charge < -0.3 is 20.9 Å². The first kappa shape index (κ1) is 18.9. The first-order chi connectivity index (χ1) is 13.0. The maximum absolute atomic E-state index is 13.8. The number of nitrogens with one attached hydrogen (secondary N) is 1. The number of carboxylic acid groups (broad SMARTS) is 1. The number of rotatable bonds is 8. The van der Waals surface area contributed by atoms with Crippen molar-refractivity contribution in [3.63, 3.8) is 0 Å². The number of nitrogens with two attached hydrogens (primary N) is 1. The number of fused-ring (bicyclic) bond motifs is 1. The van der Waals surface area contributed by atoms with E-state index in [2.05, 4.69) is 15.4 Å². The molecular weight excluding hydrogens is 377 g/mol. The summed E-state index contributed by atoms with van der Waals surface area (Å²) in [6.07, 6.45) is 3.21. The first-order valence-electron chi connectivity index (χ1n) is 8.12. The second kappa shape index (κ2) is 8.19. The number of aromatic carboxylic acids is 1. The van der Waals surface area contributed by atoms with E-state index >= 15 is 0 Å². The molecule has 4 N–H and O–H groups in total. The number of halogens is 2. The summed E-state index contributed by atoms with van der Waals surface area (Å²) < 4.78 is 20.7. The van der Waals surface area contributed by atoms with Gasteiger partial charge in [-0.2, -0.15) is 5.10 Å². The van der Waals surface area contributed by atoms with Gasteiger partial charge in [0.05, 0.1) is 11.2 Å². The van der Waals surface area contributed by atoms with Crippen LogP contribution in [0.3, 0.4) is 0 Å². The van der Waals surface area contributed by atoms with Crippen LogP contribution in [0.4, 0.5) is 10.2 Å². The fourth-order valence-corrected chi connectivity index (χ4v) is 2.80. The van der Waals surface area contributed by atoms with Crippen LogP contribution in [0.25, 0.3) is 5.65 Å². The highest BCUT2D eigenvalue weighted by molar-refractivity contribution is 6.31. The Morgan fingerprint density at radius 1 is 1.41 bits per heavy atom. The molecule has 0 radical (unpaired) electrons. The zero-order valence-electron chi connectivity index (χ0n) is 14.2. The van der Waals surface area contributed by atoms with Crippen LogP contribution in [-0.2, 0) is 6.42 Å². The summed E-state index contributed by atoms with van der Waals surface area (Å²) in [4.78, 5) is 15.4. The van der Waals surface area contributed by atoms with Gasteiger partial charge in [0.2, 0.25) is 0 Å². The highest BCUT2D eigenvalue weighted by Crippen LogP contribution is 2.29. The summed E-state index contributed by atoms with van der Waals surface area (Å²) in [6.45, 7) is 0.996. The van der Waals surface area contributed by atoms with E-state index in [1.807, 2.05) is 0 Å². The molecule has 0 spiro atoms. The van der Waals surface area contributed by atoms with E-state index in [-0.39, 0.29) is 16.2 Å². The lowest BCUT2D eigenvalue weighted by Crippen LogP contribution is -2.13. The number of benzene rings is 1. The largest absolute Gasteiger partial charge is 0.492 e. The highest BCUT2D eigenvalue weighted by Gasteiger charge is 2.15. The van der Waals surface area contributed by atoms with Crippen molar-refractivity contribution in [1.29, 1.82) is 0 Å². The third kappa shape index (κ3) is 4.09. The Morgan fingerprint density at radius 3 is 2.96 bits per heavy atom. The number of anilines is 1. The second-order valence-corrected chi connectivity index (χ2v) is 5.97. The van der Waals surface area contributed by atoms with Gasteiger partial charge in [-0.1, -0.05) is 11.6 Å². The van der Waals surface area contributed by atoms with Crippen molar-refractivity contribution < 1.29 is 19.0 Å². The number of carbonyl (C=O) groups is 1. The predicted molar refractivity (Wildman–Crippen MR) is 98.1 cm³/mol. The van der Waals surface area contributed by atoms with Crippen molar-refractivity contribution in [2.75, 3.05) is 25.0 Å². The molecule has 2 heterocycles. The molecule has 0 unspecified atom stereocenters. The molecule has 0 amide bonds. The summed E-state index contributed by atoms with van der Waals surface area (Å²) in [6, 6.07) is 4.42. The monoisotopic (exact) mass is 393 g/mol. The molecule has 0 aliphatic heterocycles. The maximum atomic E-state index is 13.8. The molecule has 3 aromatic rings. The Morgan fingerprint density at radius 2 is 2.22 bits per heavy atom.